The molecule has 1 amide bonds. The number of hydrogen-bond donors (Lipinski definition) is 2. The highest BCUT2D eigenvalue weighted by atomic mass is 16.5. The lowest BCUT2D eigenvalue weighted by atomic mass is 10.1. The van der Waals surface area contributed by atoms with Gasteiger partial charge in [0, 0.05) is 29.4 Å². The molecule has 0 aliphatic heterocycles. The highest BCUT2D eigenvalue weighted by Crippen LogP contribution is 2.17. The second kappa shape index (κ2) is 10.00. The Labute approximate surface area is 169 Å². The first kappa shape index (κ1) is 20.0. The van der Waals surface area contributed by atoms with Crippen LogP contribution in [0.1, 0.15) is 35.0 Å². The summed E-state index contributed by atoms with van der Waals surface area (Å²) in [6, 6.07) is 16.9. The highest BCUT2D eigenvalue weighted by molar-refractivity contribution is 5.95. The van der Waals surface area contributed by atoms with Crippen LogP contribution >= 0.6 is 0 Å². The Balaban J connectivity index is 1.46. The Morgan fingerprint density at radius 2 is 1.90 bits per heavy atom. The molecule has 0 aliphatic carbocycles. The van der Waals surface area contributed by atoms with Crippen LogP contribution in [0.25, 0.3) is 10.9 Å². The van der Waals surface area contributed by atoms with Gasteiger partial charge in [0.1, 0.15) is 12.3 Å². The summed E-state index contributed by atoms with van der Waals surface area (Å²) in [5.41, 5.74) is 3.00. The number of carbonyl (C=O) groups excluding carboxylic acids is 2. The molecule has 0 saturated heterocycles. The van der Waals surface area contributed by atoms with Gasteiger partial charge < -0.3 is 19.8 Å². The molecule has 3 rings (SSSR count). The summed E-state index contributed by atoms with van der Waals surface area (Å²) in [5.74, 6) is 5.70. The SMILES string of the molecule is CCOC(=O)c1cc2ccc(C#CCCNC(=O)OCc3ccccc3)cc2[nH]1. The molecule has 0 fully saturated rings. The third-order valence-corrected chi connectivity index (χ3v) is 4.08. The summed E-state index contributed by atoms with van der Waals surface area (Å²) in [7, 11) is 0. The van der Waals surface area contributed by atoms with E-state index in [2.05, 4.69) is 22.1 Å². The molecule has 0 aliphatic rings. The summed E-state index contributed by atoms with van der Waals surface area (Å²) >= 11 is 0. The van der Waals surface area contributed by atoms with Crippen molar-refractivity contribution in [3.63, 3.8) is 0 Å². The predicted molar refractivity (Wildman–Crippen MR) is 110 cm³/mol. The van der Waals surface area contributed by atoms with Crippen molar-refractivity contribution in [1.29, 1.82) is 0 Å². The molecule has 148 valence electrons. The quantitative estimate of drug-likeness (QED) is 0.379. The molecule has 6 heteroatoms. The van der Waals surface area contributed by atoms with Crippen LogP contribution < -0.4 is 5.32 Å². The number of alkyl carbamates (subject to hydrolysis) is 1. The van der Waals surface area contributed by atoms with Gasteiger partial charge in [-0.25, -0.2) is 9.59 Å². The molecule has 3 aromatic rings. The standard InChI is InChI=1S/C23H22N2O4/c1-2-28-22(26)21-15-19-12-11-17(14-20(19)25-21)8-6-7-13-24-23(27)29-16-18-9-4-3-5-10-18/h3-5,9-12,14-15,25H,2,7,13,16H2,1H3,(H,24,27). The summed E-state index contributed by atoms with van der Waals surface area (Å²) in [6.07, 6.45) is 0.0343. The van der Waals surface area contributed by atoms with E-state index in [1.54, 1.807) is 13.0 Å². The number of esters is 1. The van der Waals surface area contributed by atoms with Crippen LogP contribution in [0.4, 0.5) is 4.79 Å². The first-order valence-electron chi connectivity index (χ1n) is 9.39. The topological polar surface area (TPSA) is 80.4 Å². The van der Waals surface area contributed by atoms with Crippen molar-refractivity contribution >= 4 is 23.0 Å². The minimum atomic E-state index is -0.463. The predicted octanol–water partition coefficient (Wildman–Crippen LogP) is 4.01. The number of aromatic amines is 1. The average Bonchev–Trinajstić information content (AvgIpc) is 3.16. The van der Waals surface area contributed by atoms with E-state index >= 15 is 0 Å². The molecular weight excluding hydrogens is 368 g/mol. The lowest BCUT2D eigenvalue weighted by Crippen LogP contribution is -2.24. The minimum absolute atomic E-state index is 0.238. The molecule has 6 nitrogen and oxygen atoms in total. The van der Waals surface area contributed by atoms with Gasteiger partial charge in [0.15, 0.2) is 0 Å². The fraction of sp³-hybridized carbons (Fsp3) is 0.217. The number of nitrogens with one attached hydrogen (secondary N) is 2. The Bertz CT molecular complexity index is 1040. The largest absolute Gasteiger partial charge is 0.461 e. The molecule has 0 atom stereocenters. The number of fused-ring (bicyclic) bond motifs is 1. The summed E-state index contributed by atoms with van der Waals surface area (Å²) in [5, 5.41) is 3.59. The van der Waals surface area contributed by atoms with Gasteiger partial charge in [0.05, 0.1) is 6.61 Å². The molecule has 0 spiro atoms. The van der Waals surface area contributed by atoms with E-state index in [0.717, 1.165) is 22.0 Å². The smallest absolute Gasteiger partial charge is 0.407 e. The summed E-state index contributed by atoms with van der Waals surface area (Å²) in [6.45, 7) is 2.74. The molecule has 0 radical (unpaired) electrons. The minimum Gasteiger partial charge on any atom is -0.461 e. The molecule has 0 unspecified atom stereocenters. The lowest BCUT2D eigenvalue weighted by Gasteiger charge is -2.05. The van der Waals surface area contributed by atoms with Gasteiger partial charge in [-0.2, -0.15) is 0 Å². The monoisotopic (exact) mass is 390 g/mol. The van der Waals surface area contributed by atoms with Crippen molar-refractivity contribution in [3.05, 3.63) is 71.4 Å². The van der Waals surface area contributed by atoms with Crippen LogP contribution in [-0.4, -0.2) is 30.2 Å². The van der Waals surface area contributed by atoms with Gasteiger partial charge in [-0.05, 0) is 30.7 Å². The Morgan fingerprint density at radius 3 is 2.69 bits per heavy atom. The third kappa shape index (κ3) is 5.88. The van der Waals surface area contributed by atoms with Crippen LogP contribution in [0.3, 0.4) is 0 Å². The van der Waals surface area contributed by atoms with Crippen LogP contribution in [-0.2, 0) is 16.1 Å². The van der Waals surface area contributed by atoms with E-state index in [1.165, 1.54) is 0 Å². The van der Waals surface area contributed by atoms with Gasteiger partial charge in [0.2, 0.25) is 0 Å². The highest BCUT2D eigenvalue weighted by Gasteiger charge is 2.10. The van der Waals surface area contributed by atoms with E-state index in [4.69, 9.17) is 9.47 Å². The zero-order valence-electron chi connectivity index (χ0n) is 16.2. The lowest BCUT2D eigenvalue weighted by molar-refractivity contribution is 0.0520. The number of hydrogen-bond acceptors (Lipinski definition) is 4. The molecule has 1 aromatic heterocycles. The number of carbonyl (C=O) groups is 2. The summed E-state index contributed by atoms with van der Waals surface area (Å²) < 4.78 is 10.1. The molecule has 29 heavy (non-hydrogen) atoms. The van der Waals surface area contributed by atoms with Crippen molar-refractivity contribution < 1.29 is 19.1 Å². The molecule has 2 N–H and O–H groups in total. The van der Waals surface area contributed by atoms with Crippen LogP contribution in [0.2, 0.25) is 0 Å². The molecule has 0 saturated carbocycles. The van der Waals surface area contributed by atoms with Crippen molar-refractivity contribution in [1.82, 2.24) is 10.3 Å². The molecule has 1 heterocycles. The summed E-state index contributed by atoms with van der Waals surface area (Å²) in [4.78, 5) is 26.5. The van der Waals surface area contributed by atoms with E-state index in [0.29, 0.717) is 25.3 Å². The normalized spacial score (nSPS) is 10.1. The number of aromatic nitrogens is 1. The van der Waals surface area contributed by atoms with Crippen molar-refractivity contribution in [2.24, 2.45) is 0 Å². The van der Waals surface area contributed by atoms with E-state index in [-0.39, 0.29) is 12.6 Å². The number of rotatable bonds is 6. The van der Waals surface area contributed by atoms with Crippen molar-refractivity contribution in [2.75, 3.05) is 13.2 Å². The fourth-order valence-corrected chi connectivity index (χ4v) is 2.69. The first-order valence-corrected chi connectivity index (χ1v) is 9.39. The van der Waals surface area contributed by atoms with Crippen LogP contribution in [0, 0.1) is 11.8 Å². The van der Waals surface area contributed by atoms with Gasteiger partial charge in [-0.3, -0.25) is 0 Å². The van der Waals surface area contributed by atoms with Gasteiger partial charge >= 0.3 is 12.1 Å². The molecule has 0 bridgehead atoms. The van der Waals surface area contributed by atoms with Crippen molar-refractivity contribution in [3.8, 4) is 11.8 Å². The Kier molecular flexibility index (Phi) is 6.90. The van der Waals surface area contributed by atoms with Crippen LogP contribution in [0.15, 0.2) is 54.6 Å². The Morgan fingerprint density at radius 1 is 1.07 bits per heavy atom. The van der Waals surface area contributed by atoms with E-state index in [1.807, 2.05) is 48.5 Å². The molecule has 2 aromatic carbocycles. The van der Waals surface area contributed by atoms with Gasteiger partial charge in [-0.1, -0.05) is 48.2 Å². The second-order valence-corrected chi connectivity index (χ2v) is 6.25. The second-order valence-electron chi connectivity index (χ2n) is 6.25. The third-order valence-electron chi connectivity index (χ3n) is 4.08. The van der Waals surface area contributed by atoms with Crippen molar-refractivity contribution in [2.45, 2.75) is 20.0 Å². The van der Waals surface area contributed by atoms with Crippen LogP contribution in [0.5, 0.6) is 0 Å². The number of amides is 1. The number of ether oxygens (including phenoxy) is 2. The maximum Gasteiger partial charge on any atom is 0.407 e. The number of benzene rings is 2. The average molecular weight is 390 g/mol. The number of H-pyrrole nitrogens is 1. The maximum absolute atomic E-state index is 11.8. The van der Waals surface area contributed by atoms with E-state index in [9.17, 15) is 9.59 Å². The first-order chi connectivity index (χ1) is 14.2. The maximum atomic E-state index is 11.8. The van der Waals surface area contributed by atoms with Gasteiger partial charge in [-0.15, -0.1) is 0 Å². The van der Waals surface area contributed by atoms with E-state index < -0.39 is 6.09 Å². The van der Waals surface area contributed by atoms with Gasteiger partial charge in [0.25, 0.3) is 0 Å². The Hall–Kier alpha value is -3.72. The zero-order chi connectivity index (χ0) is 20.5. The zero-order valence-corrected chi connectivity index (χ0v) is 16.2. The molecular formula is C23H22N2O4. The fourth-order valence-electron chi connectivity index (χ4n) is 2.69.